The lowest BCUT2D eigenvalue weighted by Crippen LogP contribution is -2.46. The number of hydrogen-bond acceptors (Lipinski definition) is 7. The number of H-pyrrole nitrogens is 1. The Labute approximate surface area is 119 Å². The molecule has 10 heteroatoms. The van der Waals surface area contributed by atoms with Crippen molar-refractivity contribution in [1.82, 2.24) is 14.5 Å². The van der Waals surface area contributed by atoms with Gasteiger partial charge in [0.05, 0.1) is 15.0 Å². The largest absolute Gasteiger partial charge is 0.394 e. The number of aliphatic hydroxyl groups is 3. The summed E-state index contributed by atoms with van der Waals surface area (Å²) in [5.74, 6) is -0.109. The van der Waals surface area contributed by atoms with Gasteiger partial charge in [0.2, 0.25) is 11.7 Å². The fraction of sp³-hybridized carbons (Fsp3) is 0.545. The number of aromatic nitrogens is 4. The first kappa shape index (κ1) is 12.7. The highest BCUT2D eigenvalue weighted by Crippen LogP contribution is 2.26. The van der Waals surface area contributed by atoms with Gasteiger partial charge in [-0.2, -0.15) is 0 Å². The molecular formula is C11H16N5O5+. The fourth-order valence-electron chi connectivity index (χ4n) is 2.49. The Bertz CT molecular complexity index is 774. The van der Waals surface area contributed by atoms with Crippen LogP contribution in [0.2, 0.25) is 0 Å². The quantitative estimate of drug-likeness (QED) is 0.365. The van der Waals surface area contributed by atoms with Crippen LogP contribution < -0.4 is 15.9 Å². The highest BCUT2D eigenvalue weighted by Gasteiger charge is 2.46. The monoisotopic (exact) mass is 299 g/mol. The highest BCUT2D eigenvalue weighted by molar-refractivity contribution is 5.67. The summed E-state index contributed by atoms with van der Waals surface area (Å²) >= 11 is 0. The van der Waals surface area contributed by atoms with Crippen molar-refractivity contribution in [3.05, 3.63) is 16.7 Å². The molecule has 2 aromatic rings. The second kappa shape index (κ2) is 4.77. The molecule has 0 radical (unpaired) electrons. The summed E-state index contributed by atoms with van der Waals surface area (Å²) in [5, 5.41) is 29.2. The van der Waals surface area contributed by atoms with E-state index >= 15 is 0 Å². The van der Waals surface area contributed by atoms with Gasteiger partial charge in [-0.05, 0) is 0 Å². The van der Waals surface area contributed by atoms with Gasteiger partial charge < -0.3 is 25.8 Å². The molecule has 1 unspecified atom stereocenters. The number of nitrogens with zero attached hydrogens (tertiary/aromatic N) is 3. The number of rotatable bonds is 2. The zero-order valence-electron chi connectivity index (χ0n) is 12.0. The molecule has 0 aliphatic carbocycles. The Kier molecular flexibility index (Phi) is 2.89. The zero-order chi connectivity index (χ0) is 16.2. The van der Waals surface area contributed by atoms with E-state index in [1.165, 1.54) is 15.5 Å². The predicted octanol–water partition coefficient (Wildman–Crippen LogP) is -3.26. The maximum atomic E-state index is 11.9. The Morgan fingerprint density at radius 1 is 1.62 bits per heavy atom. The van der Waals surface area contributed by atoms with Gasteiger partial charge in [0.25, 0.3) is 11.5 Å². The number of nitrogens with two attached hydrogens (primary N) is 1. The number of ether oxygens (including phenoxy) is 1. The van der Waals surface area contributed by atoms with Crippen molar-refractivity contribution in [2.45, 2.75) is 24.5 Å². The molecule has 0 saturated carbocycles. The molecule has 21 heavy (non-hydrogen) atoms. The number of nitrogen functional groups attached to an aromatic ring is 1. The van der Waals surface area contributed by atoms with E-state index in [2.05, 4.69) is 9.97 Å². The molecule has 2 aromatic heterocycles. The van der Waals surface area contributed by atoms with Gasteiger partial charge in [-0.1, -0.05) is 4.98 Å². The van der Waals surface area contributed by atoms with Crippen LogP contribution in [0.1, 0.15) is 7.60 Å². The lowest BCUT2D eigenvalue weighted by molar-refractivity contribution is -0.745. The summed E-state index contributed by atoms with van der Waals surface area (Å²) in [5.41, 5.74) is 5.42. The number of aliphatic hydroxyl groups excluding tert-OH is 3. The molecule has 3 heterocycles. The lowest BCUT2D eigenvalue weighted by Gasteiger charge is -2.11. The normalized spacial score (nSPS) is 31.5. The van der Waals surface area contributed by atoms with E-state index in [4.69, 9.17) is 11.8 Å². The van der Waals surface area contributed by atoms with Crippen LogP contribution in [0.3, 0.4) is 0 Å². The molecule has 10 nitrogen and oxygen atoms in total. The molecule has 5 atom stereocenters. The third-order valence-corrected chi connectivity index (χ3v) is 3.49. The summed E-state index contributed by atoms with van der Waals surface area (Å²) < 4.78 is 15.4. The zero-order valence-corrected chi connectivity index (χ0v) is 11.0. The van der Waals surface area contributed by atoms with Gasteiger partial charge in [-0.25, -0.2) is 4.57 Å². The van der Waals surface area contributed by atoms with Gasteiger partial charge in [-0.15, -0.1) is 0 Å². The van der Waals surface area contributed by atoms with Crippen LogP contribution in [0.15, 0.2) is 11.1 Å². The van der Waals surface area contributed by atoms with Crippen LogP contribution in [-0.2, 0) is 11.8 Å². The van der Waals surface area contributed by atoms with Gasteiger partial charge >= 0.3 is 5.65 Å². The number of hydrogen-bond donors (Lipinski definition) is 5. The summed E-state index contributed by atoms with van der Waals surface area (Å²) in [6.45, 7) is -1.72. The van der Waals surface area contributed by atoms with E-state index in [9.17, 15) is 20.1 Å². The van der Waals surface area contributed by atoms with Gasteiger partial charge in [0.1, 0.15) is 18.3 Å². The van der Waals surface area contributed by atoms with E-state index in [0.29, 0.717) is 0 Å². The predicted molar refractivity (Wildman–Crippen MR) is 69.0 cm³/mol. The van der Waals surface area contributed by atoms with Crippen molar-refractivity contribution in [2.24, 2.45) is 7.05 Å². The van der Waals surface area contributed by atoms with Crippen LogP contribution in [0.5, 0.6) is 0 Å². The Hall–Kier alpha value is -2.01. The Morgan fingerprint density at radius 3 is 2.95 bits per heavy atom. The SMILES string of the molecule is [2H]C(O)[C@H]1O[C@@H]([n+]2cn(C)c3c(=O)[nH]c(N)nc32)[C@H](O)[C@@H]1O. The average Bonchev–Trinajstić information content (AvgIpc) is 2.89. The summed E-state index contributed by atoms with van der Waals surface area (Å²) in [4.78, 5) is 18.3. The number of nitrogens with one attached hydrogen (secondary N) is 1. The van der Waals surface area contributed by atoms with Gasteiger partial charge in [0.15, 0.2) is 6.33 Å². The first-order valence-electron chi connectivity index (χ1n) is 6.77. The number of fused-ring (bicyclic) bond motifs is 1. The van der Waals surface area contributed by atoms with Crippen LogP contribution in [0, 0.1) is 0 Å². The van der Waals surface area contributed by atoms with Crippen molar-refractivity contribution in [1.29, 1.82) is 0 Å². The number of imidazole rings is 1. The number of anilines is 1. The van der Waals surface area contributed by atoms with Crippen LogP contribution in [0.25, 0.3) is 11.2 Å². The first-order chi connectivity index (χ1) is 10.3. The highest BCUT2D eigenvalue weighted by atomic mass is 16.6. The molecular weight excluding hydrogens is 282 g/mol. The van der Waals surface area contributed by atoms with Gasteiger partial charge in [0, 0.05) is 0 Å². The molecule has 1 aliphatic rings. The lowest BCUT2D eigenvalue weighted by atomic mass is 10.1. The van der Waals surface area contributed by atoms with E-state index < -0.39 is 36.7 Å². The number of aryl methyl sites for hydroxylation is 1. The van der Waals surface area contributed by atoms with Crippen molar-refractivity contribution in [3.8, 4) is 0 Å². The Morgan fingerprint density at radius 2 is 2.33 bits per heavy atom. The topological polar surface area (TPSA) is 150 Å². The second-order valence-electron chi connectivity index (χ2n) is 4.88. The molecule has 114 valence electrons. The maximum absolute atomic E-state index is 11.9. The molecule has 0 bridgehead atoms. The minimum atomic E-state index is -1.72. The standard InChI is InChI=1S/C11H15N5O5/c1-15-3-16(8-5(15)9(20)14-11(12)13-8)10-7(19)6(18)4(2-17)21-10/h3-4,6-7,10,17-19H,2H2,1H3,(H2-,12,13,14,20)/p+1/t4-,6-,7-,10-/m1/s1/i2D/t2?,4-,6-,7-,10-. The van der Waals surface area contributed by atoms with Crippen molar-refractivity contribution >= 4 is 17.1 Å². The van der Waals surface area contributed by atoms with Gasteiger partial charge in [-0.3, -0.25) is 14.3 Å². The van der Waals surface area contributed by atoms with Crippen molar-refractivity contribution in [3.63, 3.8) is 0 Å². The minimum Gasteiger partial charge on any atom is -0.394 e. The molecule has 0 amide bonds. The summed E-state index contributed by atoms with van der Waals surface area (Å²) in [6.07, 6.45) is -3.78. The maximum Gasteiger partial charge on any atom is 0.313 e. The smallest absolute Gasteiger partial charge is 0.313 e. The minimum absolute atomic E-state index is 0.109. The molecule has 3 rings (SSSR count). The summed E-state index contributed by atoms with van der Waals surface area (Å²) in [7, 11) is 1.60. The molecule has 1 aliphatic heterocycles. The average molecular weight is 299 g/mol. The summed E-state index contributed by atoms with van der Waals surface area (Å²) in [6, 6.07) is 0. The van der Waals surface area contributed by atoms with Crippen LogP contribution in [0.4, 0.5) is 5.95 Å². The number of aromatic amines is 1. The van der Waals surface area contributed by atoms with Crippen molar-refractivity contribution < 1.29 is 26.0 Å². The van der Waals surface area contributed by atoms with Crippen molar-refractivity contribution in [2.75, 3.05) is 12.3 Å². The second-order valence-corrected chi connectivity index (χ2v) is 4.88. The van der Waals surface area contributed by atoms with E-state index in [1.54, 1.807) is 7.05 Å². The molecule has 1 saturated heterocycles. The first-order valence-corrected chi connectivity index (χ1v) is 6.19. The van der Waals surface area contributed by atoms with Crippen LogP contribution >= 0.6 is 0 Å². The molecule has 1 fully saturated rings. The van der Waals surface area contributed by atoms with E-state index in [-0.39, 0.29) is 17.1 Å². The van der Waals surface area contributed by atoms with E-state index in [1.807, 2.05) is 0 Å². The molecule has 0 aromatic carbocycles. The molecule has 6 N–H and O–H groups in total. The third kappa shape index (κ3) is 2.00. The van der Waals surface area contributed by atoms with Crippen LogP contribution in [-0.4, -0.2) is 54.7 Å². The fourth-order valence-corrected chi connectivity index (χ4v) is 2.49. The Balaban J connectivity index is 2.13. The third-order valence-electron chi connectivity index (χ3n) is 3.49. The molecule has 0 spiro atoms. The van der Waals surface area contributed by atoms with E-state index in [0.717, 1.165) is 0 Å².